The predicted molar refractivity (Wildman–Crippen MR) is 121 cm³/mol. The number of thiazole rings is 1. The minimum absolute atomic E-state index is 0.148. The van der Waals surface area contributed by atoms with Gasteiger partial charge in [-0.15, -0.1) is 21.5 Å². The van der Waals surface area contributed by atoms with Gasteiger partial charge in [0.1, 0.15) is 5.82 Å². The molecule has 2 aromatic heterocycles. The average molecular weight is 458 g/mol. The number of hydrogen-bond acceptors (Lipinski definition) is 8. The van der Waals surface area contributed by atoms with Crippen LogP contribution in [0.2, 0.25) is 0 Å². The molecule has 0 spiro atoms. The highest BCUT2D eigenvalue weighted by Crippen LogP contribution is 2.29. The second kappa shape index (κ2) is 9.33. The van der Waals surface area contributed by atoms with Crippen LogP contribution in [0.3, 0.4) is 0 Å². The molecule has 30 heavy (non-hydrogen) atoms. The number of thioether (sulfide) groups is 1. The van der Waals surface area contributed by atoms with Crippen molar-refractivity contribution in [2.24, 2.45) is 0 Å². The highest BCUT2D eigenvalue weighted by molar-refractivity contribution is 8.01. The molecule has 2 aromatic carbocycles. The van der Waals surface area contributed by atoms with Crippen LogP contribution in [-0.4, -0.2) is 26.8 Å². The number of carbonyl (C=O) groups excluding carboxylic acids is 1. The number of rotatable bonds is 7. The van der Waals surface area contributed by atoms with Crippen LogP contribution in [0.25, 0.3) is 11.3 Å². The molecule has 0 atom stereocenters. The summed E-state index contributed by atoms with van der Waals surface area (Å²) in [5.41, 5.74) is 2.89. The highest BCUT2D eigenvalue weighted by atomic mass is 32.2. The molecule has 2 heterocycles. The first-order valence-electron chi connectivity index (χ1n) is 8.87. The summed E-state index contributed by atoms with van der Waals surface area (Å²) >= 11 is 4.13. The van der Waals surface area contributed by atoms with Crippen molar-refractivity contribution in [1.29, 1.82) is 0 Å². The summed E-state index contributed by atoms with van der Waals surface area (Å²) in [5, 5.41) is 17.3. The highest BCUT2D eigenvalue weighted by Gasteiger charge is 2.11. The van der Waals surface area contributed by atoms with Gasteiger partial charge in [-0.25, -0.2) is 9.37 Å². The van der Waals surface area contributed by atoms with Crippen molar-refractivity contribution in [2.45, 2.75) is 11.3 Å². The predicted octanol–water partition coefficient (Wildman–Crippen LogP) is 5.58. The second-order valence-electron chi connectivity index (χ2n) is 6.15. The van der Waals surface area contributed by atoms with E-state index in [1.54, 1.807) is 29.5 Å². The summed E-state index contributed by atoms with van der Waals surface area (Å²) in [6, 6.07) is 13.9. The van der Waals surface area contributed by atoms with Gasteiger partial charge in [0.2, 0.25) is 11.0 Å². The lowest BCUT2D eigenvalue weighted by molar-refractivity contribution is -0.113. The number of nitrogens with zero attached hydrogens (tertiary/aromatic N) is 3. The SMILES string of the molecule is Cc1nc(-c2cccc(NC(=O)CSc3nnc(Nc4ccccc4F)s3)c2)cs1. The Balaban J connectivity index is 1.32. The molecule has 0 bridgehead atoms. The van der Waals surface area contributed by atoms with Gasteiger partial charge in [0.15, 0.2) is 4.34 Å². The molecule has 0 saturated heterocycles. The molecule has 0 radical (unpaired) electrons. The summed E-state index contributed by atoms with van der Waals surface area (Å²) in [4.78, 5) is 16.8. The third-order valence-electron chi connectivity index (χ3n) is 3.91. The number of amides is 1. The Hall–Kier alpha value is -2.82. The zero-order valence-corrected chi connectivity index (χ0v) is 18.2. The van der Waals surface area contributed by atoms with Crippen LogP contribution < -0.4 is 10.6 Å². The molecule has 0 saturated carbocycles. The number of carbonyl (C=O) groups is 1. The summed E-state index contributed by atoms with van der Waals surface area (Å²) < 4.78 is 14.3. The van der Waals surface area contributed by atoms with Crippen LogP contribution in [0.4, 0.5) is 20.9 Å². The van der Waals surface area contributed by atoms with Gasteiger partial charge in [-0.05, 0) is 31.2 Å². The zero-order chi connectivity index (χ0) is 20.9. The first-order valence-corrected chi connectivity index (χ1v) is 11.6. The molecular formula is C20H16FN5OS3. The number of aryl methyl sites for hydroxylation is 1. The second-order valence-corrected chi connectivity index (χ2v) is 9.41. The lowest BCUT2D eigenvalue weighted by atomic mass is 10.1. The number of hydrogen-bond donors (Lipinski definition) is 2. The molecule has 4 aromatic rings. The molecule has 2 N–H and O–H groups in total. The number of halogens is 1. The number of aromatic nitrogens is 3. The standard InChI is InChI=1S/C20H16FN5OS3/c1-12-22-17(10-28-12)13-5-4-6-14(9-13)23-18(27)11-29-20-26-25-19(30-20)24-16-8-3-2-7-15(16)21/h2-10H,11H2,1H3,(H,23,27)(H,24,25). The monoisotopic (exact) mass is 457 g/mol. The van der Waals surface area contributed by atoms with Gasteiger partial charge in [0, 0.05) is 16.6 Å². The topological polar surface area (TPSA) is 79.8 Å². The zero-order valence-electron chi connectivity index (χ0n) is 15.8. The van der Waals surface area contributed by atoms with Crippen LogP contribution in [0, 0.1) is 12.7 Å². The number of anilines is 3. The van der Waals surface area contributed by atoms with E-state index in [2.05, 4.69) is 25.8 Å². The van der Waals surface area contributed by atoms with E-state index in [1.165, 1.54) is 29.2 Å². The molecule has 0 fully saturated rings. The molecule has 4 rings (SSSR count). The maximum atomic E-state index is 13.7. The van der Waals surface area contributed by atoms with Crippen molar-refractivity contribution in [3.8, 4) is 11.3 Å². The third-order valence-corrected chi connectivity index (χ3v) is 6.66. The Morgan fingerprint density at radius 3 is 2.83 bits per heavy atom. The largest absolute Gasteiger partial charge is 0.328 e. The third kappa shape index (κ3) is 5.21. The van der Waals surface area contributed by atoms with Gasteiger partial charge in [0.05, 0.1) is 22.1 Å². The first-order chi connectivity index (χ1) is 14.6. The fraction of sp³-hybridized carbons (Fsp3) is 0.100. The molecule has 10 heteroatoms. The van der Waals surface area contributed by atoms with E-state index in [0.717, 1.165) is 16.3 Å². The Morgan fingerprint density at radius 2 is 2.03 bits per heavy atom. The molecule has 0 unspecified atom stereocenters. The maximum absolute atomic E-state index is 13.7. The van der Waals surface area contributed by atoms with E-state index in [-0.39, 0.29) is 17.5 Å². The quantitative estimate of drug-likeness (QED) is 0.353. The van der Waals surface area contributed by atoms with Crippen LogP contribution >= 0.6 is 34.4 Å². The number of benzene rings is 2. The van der Waals surface area contributed by atoms with E-state index < -0.39 is 0 Å². The molecule has 0 aliphatic carbocycles. The fourth-order valence-corrected chi connectivity index (χ4v) is 4.76. The Bertz CT molecular complexity index is 1180. The van der Waals surface area contributed by atoms with Gasteiger partial charge in [-0.1, -0.05) is 47.4 Å². The van der Waals surface area contributed by atoms with Crippen molar-refractivity contribution in [2.75, 3.05) is 16.4 Å². The summed E-state index contributed by atoms with van der Waals surface area (Å²) in [5.74, 6) is -0.323. The van der Waals surface area contributed by atoms with Gasteiger partial charge < -0.3 is 10.6 Å². The summed E-state index contributed by atoms with van der Waals surface area (Å²) in [6.45, 7) is 1.96. The van der Waals surface area contributed by atoms with Crippen molar-refractivity contribution in [3.63, 3.8) is 0 Å². The molecule has 6 nitrogen and oxygen atoms in total. The molecule has 0 aliphatic heterocycles. The lowest BCUT2D eigenvalue weighted by Crippen LogP contribution is -2.13. The van der Waals surface area contributed by atoms with Gasteiger partial charge in [-0.2, -0.15) is 0 Å². The average Bonchev–Trinajstić information content (AvgIpc) is 3.37. The number of nitrogens with one attached hydrogen (secondary N) is 2. The van der Waals surface area contributed by atoms with E-state index in [1.807, 2.05) is 36.6 Å². The van der Waals surface area contributed by atoms with Crippen molar-refractivity contribution in [3.05, 3.63) is 64.7 Å². The van der Waals surface area contributed by atoms with E-state index in [4.69, 9.17) is 0 Å². The molecule has 0 aliphatic rings. The van der Waals surface area contributed by atoms with E-state index >= 15 is 0 Å². The van der Waals surface area contributed by atoms with Crippen LogP contribution in [0.5, 0.6) is 0 Å². The fourth-order valence-electron chi connectivity index (χ4n) is 2.57. The van der Waals surface area contributed by atoms with Gasteiger partial charge in [-0.3, -0.25) is 4.79 Å². The van der Waals surface area contributed by atoms with Crippen LogP contribution in [-0.2, 0) is 4.79 Å². The molecular weight excluding hydrogens is 441 g/mol. The number of para-hydroxylation sites is 1. The van der Waals surface area contributed by atoms with Crippen molar-refractivity contribution in [1.82, 2.24) is 15.2 Å². The van der Waals surface area contributed by atoms with E-state index in [0.29, 0.717) is 20.8 Å². The lowest BCUT2D eigenvalue weighted by Gasteiger charge is -2.06. The van der Waals surface area contributed by atoms with E-state index in [9.17, 15) is 9.18 Å². The minimum atomic E-state index is -0.365. The Labute approximate surface area is 184 Å². The van der Waals surface area contributed by atoms with Crippen LogP contribution in [0.15, 0.2) is 58.3 Å². The normalized spacial score (nSPS) is 10.7. The van der Waals surface area contributed by atoms with Gasteiger partial charge >= 0.3 is 0 Å². The maximum Gasteiger partial charge on any atom is 0.234 e. The smallest absolute Gasteiger partial charge is 0.234 e. The van der Waals surface area contributed by atoms with Gasteiger partial charge in [0.25, 0.3) is 0 Å². The van der Waals surface area contributed by atoms with Crippen molar-refractivity contribution >= 4 is 56.8 Å². The summed E-state index contributed by atoms with van der Waals surface area (Å²) in [6.07, 6.45) is 0. The summed E-state index contributed by atoms with van der Waals surface area (Å²) in [7, 11) is 0. The molecule has 1 amide bonds. The Morgan fingerprint density at radius 1 is 1.17 bits per heavy atom. The minimum Gasteiger partial charge on any atom is -0.328 e. The van der Waals surface area contributed by atoms with Crippen LogP contribution in [0.1, 0.15) is 5.01 Å². The molecule has 152 valence electrons. The Kier molecular flexibility index (Phi) is 6.36. The first kappa shape index (κ1) is 20.5. The van der Waals surface area contributed by atoms with Crippen molar-refractivity contribution < 1.29 is 9.18 Å².